The van der Waals surface area contributed by atoms with E-state index in [-0.39, 0.29) is 11.8 Å². The van der Waals surface area contributed by atoms with E-state index in [1.807, 2.05) is 6.07 Å². The highest BCUT2D eigenvalue weighted by molar-refractivity contribution is 5.82. The number of amides is 1. The van der Waals surface area contributed by atoms with Crippen LogP contribution >= 0.6 is 0 Å². The van der Waals surface area contributed by atoms with E-state index in [4.69, 9.17) is 10.4 Å². The molecule has 0 aromatic heterocycles. The topological polar surface area (TPSA) is 79.6 Å². The summed E-state index contributed by atoms with van der Waals surface area (Å²) in [7, 11) is 0. The molecule has 0 radical (unpaired) electrons. The molecule has 4 rings (SSSR count). The number of nitrogens with one attached hydrogen (secondary N) is 1. The summed E-state index contributed by atoms with van der Waals surface area (Å²) in [6.07, 6.45) is 6.07. The Hall–Kier alpha value is -2.10. The Labute approximate surface area is 155 Å². The number of nitrogens with zero attached hydrogens (tertiary/aromatic N) is 3. The van der Waals surface area contributed by atoms with E-state index in [2.05, 4.69) is 15.1 Å². The molecule has 0 unspecified atom stereocenters. The van der Waals surface area contributed by atoms with Crippen LogP contribution in [0.1, 0.15) is 37.7 Å². The summed E-state index contributed by atoms with van der Waals surface area (Å²) in [5.41, 5.74) is 0.563. The highest BCUT2D eigenvalue weighted by atomic mass is 16.3. The van der Waals surface area contributed by atoms with Gasteiger partial charge in [0.2, 0.25) is 5.91 Å². The van der Waals surface area contributed by atoms with Crippen LogP contribution in [0.5, 0.6) is 5.75 Å². The molecular weight excluding hydrogens is 328 g/mol. The third-order valence-electron chi connectivity index (χ3n) is 5.26. The highest BCUT2D eigenvalue weighted by Gasteiger charge is 2.32. The molecule has 1 aromatic rings. The van der Waals surface area contributed by atoms with Gasteiger partial charge in [0.05, 0.1) is 17.7 Å². The molecule has 3 fully saturated rings. The number of hydrogen-bond donors (Lipinski definition) is 2. The van der Waals surface area contributed by atoms with E-state index in [0.29, 0.717) is 11.5 Å². The van der Waals surface area contributed by atoms with Gasteiger partial charge in [-0.05, 0) is 62.9 Å². The van der Waals surface area contributed by atoms with Gasteiger partial charge in [0.25, 0.3) is 0 Å². The third kappa shape index (κ3) is 5.20. The summed E-state index contributed by atoms with van der Waals surface area (Å²) in [6, 6.07) is 9.00. The summed E-state index contributed by atoms with van der Waals surface area (Å²) < 4.78 is 0. The van der Waals surface area contributed by atoms with Gasteiger partial charge in [-0.25, -0.2) is 0 Å². The van der Waals surface area contributed by atoms with Gasteiger partial charge in [0.1, 0.15) is 5.75 Å². The Morgan fingerprint density at radius 3 is 2.46 bits per heavy atom. The van der Waals surface area contributed by atoms with Crippen LogP contribution in [0.15, 0.2) is 24.3 Å². The highest BCUT2D eigenvalue weighted by Crippen LogP contribution is 2.27. The second kappa shape index (κ2) is 9.02. The molecule has 26 heavy (non-hydrogen) atoms. The maximum Gasteiger partial charge on any atom is 0.239 e. The van der Waals surface area contributed by atoms with Crippen LogP contribution in [-0.2, 0) is 4.79 Å². The molecule has 0 bridgehead atoms. The number of nitriles is 1. The van der Waals surface area contributed by atoms with Gasteiger partial charge in [-0.3, -0.25) is 9.69 Å². The molecule has 2 saturated heterocycles. The van der Waals surface area contributed by atoms with Gasteiger partial charge in [-0.15, -0.1) is 0 Å². The van der Waals surface area contributed by atoms with Crippen molar-refractivity contribution in [3.8, 4) is 11.8 Å². The van der Waals surface area contributed by atoms with Crippen LogP contribution in [-0.4, -0.2) is 65.6 Å². The molecule has 140 valence electrons. The molecule has 2 aliphatic heterocycles. The van der Waals surface area contributed by atoms with Crippen molar-refractivity contribution in [3.63, 3.8) is 0 Å². The average Bonchev–Trinajstić information content (AvgIpc) is 3.41. The molecule has 1 atom stereocenters. The quantitative estimate of drug-likeness (QED) is 0.843. The van der Waals surface area contributed by atoms with E-state index in [9.17, 15) is 4.79 Å². The van der Waals surface area contributed by atoms with E-state index in [0.717, 1.165) is 51.5 Å². The molecule has 2 heterocycles. The predicted octanol–water partition coefficient (Wildman–Crippen LogP) is 1.70. The Morgan fingerprint density at radius 2 is 1.85 bits per heavy atom. The maximum absolute atomic E-state index is 12.3. The first-order valence-corrected chi connectivity index (χ1v) is 9.63. The van der Waals surface area contributed by atoms with Gasteiger partial charge in [0, 0.05) is 32.2 Å². The fraction of sp³-hybridized carbons (Fsp3) is 0.600. The Morgan fingerprint density at radius 1 is 1.08 bits per heavy atom. The Bertz CT molecular complexity index is 630. The van der Waals surface area contributed by atoms with E-state index in [1.165, 1.54) is 31.5 Å². The molecule has 2 N–H and O–H groups in total. The molecule has 1 saturated carbocycles. The van der Waals surface area contributed by atoms with Crippen LogP contribution in [0.25, 0.3) is 0 Å². The molecule has 1 aliphatic carbocycles. The number of phenolic OH excluding ortho intramolecular Hbond substituents is 1. The first kappa shape index (κ1) is 18.7. The van der Waals surface area contributed by atoms with Gasteiger partial charge < -0.3 is 15.3 Å². The zero-order valence-electron chi connectivity index (χ0n) is 15.2. The van der Waals surface area contributed by atoms with Crippen LogP contribution in [0.3, 0.4) is 0 Å². The molecule has 6 nitrogen and oxygen atoms in total. The van der Waals surface area contributed by atoms with Gasteiger partial charge in [-0.1, -0.05) is 0 Å². The summed E-state index contributed by atoms with van der Waals surface area (Å²) in [6.45, 7) is 5.18. The van der Waals surface area contributed by atoms with Crippen molar-refractivity contribution in [1.82, 2.24) is 15.1 Å². The number of carbonyl (C=O) groups excluding carboxylic acids is 1. The lowest BCUT2D eigenvalue weighted by atomic mass is 10.2. The second-order valence-corrected chi connectivity index (χ2v) is 7.25. The fourth-order valence-electron chi connectivity index (χ4n) is 3.61. The lowest BCUT2D eigenvalue weighted by Crippen LogP contribution is -2.45. The second-order valence-electron chi connectivity index (χ2n) is 7.25. The third-order valence-corrected chi connectivity index (χ3v) is 5.26. The number of benzene rings is 1. The normalized spacial score (nSPS) is 23.5. The summed E-state index contributed by atoms with van der Waals surface area (Å²) >= 11 is 0. The minimum absolute atomic E-state index is 0.113. The SMILES string of the molecule is N#Cc1ccc(O)cc1.O=C([C@H]1CCCN1)N1CCCN(C2CC2)CC1. The molecule has 6 heteroatoms. The Balaban J connectivity index is 0.000000185. The molecule has 1 aromatic carbocycles. The van der Waals surface area contributed by atoms with Crippen molar-refractivity contribution in [3.05, 3.63) is 29.8 Å². The Kier molecular flexibility index (Phi) is 6.48. The van der Waals surface area contributed by atoms with Crippen molar-refractivity contribution in [2.75, 3.05) is 32.7 Å². The van der Waals surface area contributed by atoms with Crippen LogP contribution in [0.2, 0.25) is 0 Å². The largest absolute Gasteiger partial charge is 0.508 e. The summed E-state index contributed by atoms with van der Waals surface area (Å²) in [5.74, 6) is 0.536. The van der Waals surface area contributed by atoms with Gasteiger partial charge >= 0.3 is 0 Å². The number of carbonyl (C=O) groups is 1. The van der Waals surface area contributed by atoms with Gasteiger partial charge in [0.15, 0.2) is 0 Å². The molecular formula is C20H28N4O2. The van der Waals surface area contributed by atoms with Crippen molar-refractivity contribution in [1.29, 1.82) is 5.26 Å². The minimum atomic E-state index is 0.113. The lowest BCUT2D eigenvalue weighted by molar-refractivity contribution is -0.132. The van der Waals surface area contributed by atoms with Crippen LogP contribution in [0, 0.1) is 11.3 Å². The fourth-order valence-corrected chi connectivity index (χ4v) is 3.61. The minimum Gasteiger partial charge on any atom is -0.508 e. The lowest BCUT2D eigenvalue weighted by Gasteiger charge is -2.24. The number of rotatable bonds is 2. The van der Waals surface area contributed by atoms with Crippen molar-refractivity contribution < 1.29 is 9.90 Å². The number of hydrogen-bond acceptors (Lipinski definition) is 5. The van der Waals surface area contributed by atoms with E-state index < -0.39 is 0 Å². The van der Waals surface area contributed by atoms with Gasteiger partial charge in [-0.2, -0.15) is 5.26 Å². The number of phenols is 1. The first-order chi connectivity index (χ1) is 12.7. The van der Waals surface area contributed by atoms with E-state index in [1.54, 1.807) is 12.1 Å². The smallest absolute Gasteiger partial charge is 0.239 e. The van der Waals surface area contributed by atoms with Crippen molar-refractivity contribution >= 4 is 5.91 Å². The number of aromatic hydroxyl groups is 1. The van der Waals surface area contributed by atoms with Crippen molar-refractivity contribution in [2.45, 2.75) is 44.2 Å². The van der Waals surface area contributed by atoms with Crippen LogP contribution < -0.4 is 5.32 Å². The summed E-state index contributed by atoms with van der Waals surface area (Å²) in [5, 5.41) is 20.4. The van der Waals surface area contributed by atoms with Crippen LogP contribution in [0.4, 0.5) is 0 Å². The zero-order chi connectivity index (χ0) is 18.4. The molecule has 3 aliphatic rings. The summed E-state index contributed by atoms with van der Waals surface area (Å²) in [4.78, 5) is 17.0. The van der Waals surface area contributed by atoms with Crippen molar-refractivity contribution in [2.24, 2.45) is 0 Å². The van der Waals surface area contributed by atoms with E-state index >= 15 is 0 Å². The maximum atomic E-state index is 12.3. The predicted molar refractivity (Wildman–Crippen MR) is 99.6 cm³/mol. The average molecular weight is 356 g/mol. The molecule has 1 amide bonds. The standard InChI is InChI=1S/C13H23N3O.C7H5NO/c17-13(12-3-1-6-14-12)16-8-2-7-15(9-10-16)11-4-5-11;8-5-6-1-3-7(9)4-2-6/h11-12,14H,1-10H2;1-4,9H/t12-;/m1./s1. The monoisotopic (exact) mass is 356 g/mol. The first-order valence-electron chi connectivity index (χ1n) is 9.63. The molecule has 0 spiro atoms. The zero-order valence-corrected chi connectivity index (χ0v) is 15.2.